The Kier molecular flexibility index (Phi) is 6.91. The molecule has 0 bridgehead atoms. The highest BCUT2D eigenvalue weighted by Gasteiger charge is 2.02. The number of aryl methyl sites for hydroxylation is 1. The van der Waals surface area contributed by atoms with E-state index in [1.165, 1.54) is 11.1 Å². The van der Waals surface area contributed by atoms with Gasteiger partial charge in [0.25, 0.3) is 0 Å². The van der Waals surface area contributed by atoms with Gasteiger partial charge < -0.3 is 19.9 Å². The first kappa shape index (κ1) is 17.3. The van der Waals surface area contributed by atoms with Crippen LogP contribution in [-0.2, 0) is 6.54 Å². The zero-order valence-electron chi connectivity index (χ0n) is 13.8. The van der Waals surface area contributed by atoms with Crippen LogP contribution in [0.2, 0.25) is 0 Å². The molecule has 0 saturated carbocycles. The molecule has 4 nitrogen and oxygen atoms in total. The second kappa shape index (κ2) is 9.18. The molecule has 23 heavy (non-hydrogen) atoms. The summed E-state index contributed by atoms with van der Waals surface area (Å²) in [6.45, 7) is 6.68. The summed E-state index contributed by atoms with van der Waals surface area (Å²) in [7, 11) is 0. The molecule has 124 valence electrons. The maximum absolute atomic E-state index is 8.73. The van der Waals surface area contributed by atoms with Gasteiger partial charge in [-0.25, -0.2) is 0 Å². The number of nitrogens with one attached hydrogen (secondary N) is 1. The van der Waals surface area contributed by atoms with Gasteiger partial charge in [0.1, 0.15) is 24.7 Å². The van der Waals surface area contributed by atoms with E-state index in [9.17, 15) is 0 Å². The molecule has 0 unspecified atom stereocenters. The van der Waals surface area contributed by atoms with Crippen LogP contribution in [0.4, 0.5) is 0 Å². The first-order chi connectivity index (χ1) is 11.2. The molecule has 0 amide bonds. The summed E-state index contributed by atoms with van der Waals surface area (Å²) in [6, 6.07) is 14.0. The predicted molar refractivity (Wildman–Crippen MR) is 92.1 cm³/mol. The van der Waals surface area contributed by atoms with E-state index < -0.39 is 0 Å². The zero-order valence-corrected chi connectivity index (χ0v) is 13.8. The lowest BCUT2D eigenvalue weighted by Gasteiger charge is -2.12. The molecular weight excluding hydrogens is 290 g/mol. The molecule has 4 heteroatoms. The number of benzene rings is 2. The van der Waals surface area contributed by atoms with Crippen LogP contribution in [0.3, 0.4) is 0 Å². The molecule has 2 rings (SSSR count). The predicted octanol–water partition coefficient (Wildman–Crippen LogP) is 2.84. The van der Waals surface area contributed by atoms with Gasteiger partial charge in [0.2, 0.25) is 0 Å². The highest BCUT2D eigenvalue weighted by atomic mass is 16.5. The number of aliphatic hydroxyl groups excluding tert-OH is 1. The van der Waals surface area contributed by atoms with Crippen LogP contribution in [0.25, 0.3) is 0 Å². The van der Waals surface area contributed by atoms with Gasteiger partial charge in [0, 0.05) is 13.1 Å². The summed E-state index contributed by atoms with van der Waals surface area (Å²) in [5.41, 5.74) is 3.57. The molecule has 0 saturated heterocycles. The van der Waals surface area contributed by atoms with E-state index in [0.717, 1.165) is 23.6 Å². The van der Waals surface area contributed by atoms with Crippen LogP contribution >= 0.6 is 0 Å². The monoisotopic (exact) mass is 315 g/mol. The maximum Gasteiger partial charge on any atom is 0.122 e. The molecule has 2 aromatic rings. The Bertz CT molecular complexity index is 596. The number of hydrogen-bond donors (Lipinski definition) is 2. The van der Waals surface area contributed by atoms with Crippen LogP contribution in [0.15, 0.2) is 42.5 Å². The number of rotatable bonds is 9. The third-order valence-electron chi connectivity index (χ3n) is 3.71. The Labute approximate surface area is 138 Å². The van der Waals surface area contributed by atoms with Crippen molar-refractivity contribution >= 4 is 0 Å². The second-order valence-electron chi connectivity index (χ2n) is 5.44. The number of aliphatic hydroxyl groups is 1. The zero-order chi connectivity index (χ0) is 16.5. The van der Waals surface area contributed by atoms with Crippen LogP contribution in [0, 0.1) is 13.8 Å². The van der Waals surface area contributed by atoms with Crippen molar-refractivity contribution in [1.29, 1.82) is 0 Å². The third kappa shape index (κ3) is 5.58. The summed E-state index contributed by atoms with van der Waals surface area (Å²) in [5, 5.41) is 11.9. The SMILES string of the molecule is Cc1cccc(OCCOc2ccc(CNCCO)cc2)c1C. The van der Waals surface area contributed by atoms with Gasteiger partial charge in [0.05, 0.1) is 6.61 Å². The van der Waals surface area contributed by atoms with Gasteiger partial charge in [-0.3, -0.25) is 0 Å². The van der Waals surface area contributed by atoms with Crippen LogP contribution in [-0.4, -0.2) is 31.5 Å². The lowest BCUT2D eigenvalue weighted by atomic mass is 10.1. The normalized spacial score (nSPS) is 10.6. The molecule has 0 aliphatic rings. The van der Waals surface area contributed by atoms with Crippen molar-refractivity contribution < 1.29 is 14.6 Å². The summed E-state index contributed by atoms with van der Waals surface area (Å²) >= 11 is 0. The third-order valence-corrected chi connectivity index (χ3v) is 3.71. The van der Waals surface area contributed by atoms with Gasteiger partial charge in [0.15, 0.2) is 0 Å². The second-order valence-corrected chi connectivity index (χ2v) is 5.44. The van der Waals surface area contributed by atoms with E-state index in [-0.39, 0.29) is 6.61 Å². The Morgan fingerprint density at radius 3 is 2.43 bits per heavy atom. The number of hydrogen-bond acceptors (Lipinski definition) is 4. The molecule has 0 radical (unpaired) electrons. The molecule has 2 N–H and O–H groups in total. The Balaban J connectivity index is 1.72. The van der Waals surface area contributed by atoms with E-state index >= 15 is 0 Å². The largest absolute Gasteiger partial charge is 0.490 e. The van der Waals surface area contributed by atoms with Gasteiger partial charge in [-0.1, -0.05) is 24.3 Å². The van der Waals surface area contributed by atoms with Gasteiger partial charge in [-0.05, 0) is 48.7 Å². The van der Waals surface area contributed by atoms with E-state index in [1.54, 1.807) is 0 Å². The Morgan fingerprint density at radius 1 is 0.957 bits per heavy atom. The van der Waals surface area contributed by atoms with Gasteiger partial charge in [-0.2, -0.15) is 0 Å². The fraction of sp³-hybridized carbons (Fsp3) is 0.368. The lowest BCUT2D eigenvalue weighted by Crippen LogP contribution is -2.17. The van der Waals surface area contributed by atoms with Gasteiger partial charge in [-0.15, -0.1) is 0 Å². The van der Waals surface area contributed by atoms with E-state index in [1.807, 2.05) is 36.4 Å². The standard InChI is InChI=1S/C19H25NO3/c1-15-4-3-5-19(16(15)2)23-13-12-22-18-8-6-17(7-9-18)14-20-10-11-21/h3-9,20-21H,10-14H2,1-2H3. The average Bonchev–Trinajstić information content (AvgIpc) is 2.57. The molecule has 0 heterocycles. The van der Waals surface area contributed by atoms with Crippen molar-refractivity contribution in [1.82, 2.24) is 5.32 Å². The Morgan fingerprint density at radius 2 is 1.70 bits per heavy atom. The average molecular weight is 315 g/mol. The molecule has 0 aliphatic heterocycles. The van der Waals surface area contributed by atoms with Crippen LogP contribution in [0.1, 0.15) is 16.7 Å². The quantitative estimate of drug-likeness (QED) is 0.699. The first-order valence-corrected chi connectivity index (χ1v) is 7.93. The van der Waals surface area contributed by atoms with Gasteiger partial charge >= 0.3 is 0 Å². The molecule has 0 spiro atoms. The van der Waals surface area contributed by atoms with E-state index in [4.69, 9.17) is 14.6 Å². The summed E-state index contributed by atoms with van der Waals surface area (Å²) < 4.78 is 11.5. The highest BCUT2D eigenvalue weighted by Crippen LogP contribution is 2.20. The topological polar surface area (TPSA) is 50.7 Å². The summed E-state index contributed by atoms with van der Waals surface area (Å²) in [4.78, 5) is 0. The van der Waals surface area contributed by atoms with Crippen molar-refractivity contribution in [3.8, 4) is 11.5 Å². The minimum absolute atomic E-state index is 0.154. The van der Waals surface area contributed by atoms with E-state index in [0.29, 0.717) is 19.8 Å². The highest BCUT2D eigenvalue weighted by molar-refractivity contribution is 5.38. The summed E-state index contributed by atoms with van der Waals surface area (Å²) in [5.74, 6) is 1.75. The molecule has 0 aromatic heterocycles. The smallest absolute Gasteiger partial charge is 0.122 e. The molecule has 0 atom stereocenters. The molecule has 2 aromatic carbocycles. The maximum atomic E-state index is 8.73. The minimum atomic E-state index is 0.154. The van der Waals surface area contributed by atoms with Crippen LogP contribution in [0.5, 0.6) is 11.5 Å². The lowest BCUT2D eigenvalue weighted by molar-refractivity contribution is 0.216. The fourth-order valence-electron chi connectivity index (χ4n) is 2.21. The summed E-state index contributed by atoms with van der Waals surface area (Å²) in [6.07, 6.45) is 0. The fourth-order valence-corrected chi connectivity index (χ4v) is 2.21. The van der Waals surface area contributed by atoms with Crippen molar-refractivity contribution in [3.05, 3.63) is 59.2 Å². The van der Waals surface area contributed by atoms with Crippen molar-refractivity contribution in [2.45, 2.75) is 20.4 Å². The minimum Gasteiger partial charge on any atom is -0.490 e. The Hall–Kier alpha value is -2.04. The van der Waals surface area contributed by atoms with Crippen molar-refractivity contribution in [2.75, 3.05) is 26.4 Å². The molecule has 0 aliphatic carbocycles. The van der Waals surface area contributed by atoms with Crippen LogP contribution < -0.4 is 14.8 Å². The first-order valence-electron chi connectivity index (χ1n) is 7.93. The van der Waals surface area contributed by atoms with Crippen molar-refractivity contribution in [2.24, 2.45) is 0 Å². The molecule has 0 fully saturated rings. The molecular formula is C19H25NO3. The van der Waals surface area contributed by atoms with E-state index in [2.05, 4.69) is 25.2 Å². The number of ether oxygens (including phenoxy) is 2. The van der Waals surface area contributed by atoms with Crippen molar-refractivity contribution in [3.63, 3.8) is 0 Å².